The number of ether oxygens (including phenoxy) is 1. The molecule has 154 valence electrons. The minimum absolute atomic E-state index is 0.0167. The molecule has 0 fully saturated rings. The quantitative estimate of drug-likeness (QED) is 0.193. The van der Waals surface area contributed by atoms with Crippen LogP contribution in [0.5, 0.6) is 0 Å². The zero-order chi connectivity index (χ0) is 19.5. The van der Waals surface area contributed by atoms with Crippen LogP contribution in [0.15, 0.2) is 12.2 Å². The monoisotopic (exact) mass is 370 g/mol. The van der Waals surface area contributed by atoms with E-state index in [0.29, 0.717) is 0 Å². The summed E-state index contributed by atoms with van der Waals surface area (Å²) in [5, 5.41) is 9.91. The smallest absolute Gasteiger partial charge is 0.307 e. The van der Waals surface area contributed by atoms with Crippen molar-refractivity contribution in [3.8, 4) is 0 Å². The van der Waals surface area contributed by atoms with E-state index in [1.807, 2.05) is 6.08 Å². The fourth-order valence-corrected chi connectivity index (χ4v) is 2.78. The van der Waals surface area contributed by atoms with Gasteiger partial charge in [-0.2, -0.15) is 0 Å². The molecule has 0 aromatic carbocycles. The summed E-state index contributed by atoms with van der Waals surface area (Å²) >= 11 is 0. The van der Waals surface area contributed by atoms with Crippen LogP contribution in [0, 0.1) is 0 Å². The van der Waals surface area contributed by atoms with Gasteiger partial charge in [0.15, 0.2) is 0 Å². The van der Waals surface area contributed by atoms with Gasteiger partial charge in [-0.15, -0.1) is 0 Å². The van der Waals surface area contributed by atoms with Crippen LogP contribution in [-0.4, -0.2) is 36.4 Å². The van der Waals surface area contributed by atoms with Crippen molar-refractivity contribution in [3.63, 3.8) is 0 Å². The molecule has 2 unspecified atom stereocenters. The summed E-state index contributed by atoms with van der Waals surface area (Å²) in [6, 6.07) is -0.592. The van der Waals surface area contributed by atoms with Gasteiger partial charge in [0.25, 0.3) is 0 Å². The summed E-state index contributed by atoms with van der Waals surface area (Å²) in [5.41, 5.74) is 11.1. The second kappa shape index (κ2) is 18.9. The highest BCUT2D eigenvalue weighted by molar-refractivity contribution is 5.69. The fourth-order valence-electron chi connectivity index (χ4n) is 2.78. The number of unbranched alkanes of at least 4 members (excludes halogenated alkanes) is 11. The highest BCUT2D eigenvalue weighted by Gasteiger charge is 2.13. The van der Waals surface area contributed by atoms with E-state index < -0.39 is 12.1 Å². The number of allylic oxidation sites excluding steroid dienone is 1. The Kier molecular flexibility index (Phi) is 18.2. The molecule has 5 nitrogen and oxygen atoms in total. The van der Waals surface area contributed by atoms with Crippen LogP contribution in [0.3, 0.4) is 0 Å². The summed E-state index contributed by atoms with van der Waals surface area (Å²) in [5.74, 6) is -0.375. The van der Waals surface area contributed by atoms with Crippen molar-refractivity contribution in [2.75, 3.05) is 13.2 Å². The molecule has 5 heteroatoms. The molecule has 0 heterocycles. The van der Waals surface area contributed by atoms with Crippen LogP contribution < -0.4 is 11.5 Å². The zero-order valence-electron chi connectivity index (χ0n) is 16.8. The van der Waals surface area contributed by atoms with Gasteiger partial charge < -0.3 is 21.3 Å². The lowest BCUT2D eigenvalue weighted by molar-refractivity contribution is -0.144. The molecular weight excluding hydrogens is 328 g/mol. The molecule has 0 aliphatic carbocycles. The third-order valence-electron chi connectivity index (χ3n) is 4.53. The van der Waals surface area contributed by atoms with E-state index >= 15 is 0 Å². The first-order valence-electron chi connectivity index (χ1n) is 10.6. The van der Waals surface area contributed by atoms with E-state index in [9.17, 15) is 9.90 Å². The molecular formula is C21H42N2O3. The first-order valence-corrected chi connectivity index (χ1v) is 10.6. The lowest BCUT2D eigenvalue weighted by atomic mass is 10.0. The van der Waals surface area contributed by atoms with E-state index in [1.54, 1.807) is 6.08 Å². The fraction of sp³-hybridized carbons (Fsp3) is 0.857. The maximum Gasteiger partial charge on any atom is 0.307 e. The Morgan fingerprint density at radius 3 is 2.08 bits per heavy atom. The van der Waals surface area contributed by atoms with E-state index in [0.717, 1.165) is 12.8 Å². The first kappa shape index (κ1) is 25.1. The molecule has 0 saturated heterocycles. The Morgan fingerprint density at radius 2 is 1.54 bits per heavy atom. The molecule has 2 atom stereocenters. The Labute approximate surface area is 160 Å². The Balaban J connectivity index is 3.46. The molecule has 0 radical (unpaired) electrons. The second-order valence-corrected chi connectivity index (χ2v) is 7.13. The lowest BCUT2D eigenvalue weighted by Gasteiger charge is -2.15. The maximum atomic E-state index is 11.2. The van der Waals surface area contributed by atoms with Gasteiger partial charge in [-0.1, -0.05) is 83.3 Å². The van der Waals surface area contributed by atoms with Crippen molar-refractivity contribution in [1.29, 1.82) is 0 Å². The lowest BCUT2D eigenvalue weighted by Crippen LogP contribution is -2.38. The van der Waals surface area contributed by atoms with Crippen LogP contribution in [0.2, 0.25) is 0 Å². The van der Waals surface area contributed by atoms with E-state index in [4.69, 9.17) is 16.2 Å². The van der Waals surface area contributed by atoms with Gasteiger partial charge in [0.05, 0.1) is 18.6 Å². The van der Waals surface area contributed by atoms with Gasteiger partial charge in [0, 0.05) is 6.54 Å². The summed E-state index contributed by atoms with van der Waals surface area (Å²) in [6.45, 7) is 2.53. The molecule has 0 aromatic rings. The van der Waals surface area contributed by atoms with E-state index in [-0.39, 0.29) is 25.5 Å². The van der Waals surface area contributed by atoms with Crippen LogP contribution in [-0.2, 0) is 9.53 Å². The summed E-state index contributed by atoms with van der Waals surface area (Å²) in [7, 11) is 0. The average molecular weight is 371 g/mol. The summed E-state index contributed by atoms with van der Waals surface area (Å²) in [4.78, 5) is 11.2. The third kappa shape index (κ3) is 16.6. The molecule has 5 N–H and O–H groups in total. The molecule has 0 aliphatic heterocycles. The number of hydrogen-bond acceptors (Lipinski definition) is 5. The Bertz CT molecular complexity index is 348. The number of esters is 1. The predicted molar refractivity (Wildman–Crippen MR) is 109 cm³/mol. The van der Waals surface area contributed by atoms with Gasteiger partial charge in [-0.3, -0.25) is 4.79 Å². The number of rotatable bonds is 18. The van der Waals surface area contributed by atoms with Crippen LogP contribution in [0.4, 0.5) is 0 Å². The van der Waals surface area contributed by atoms with Crippen molar-refractivity contribution in [1.82, 2.24) is 0 Å². The molecule has 0 rings (SSSR count). The third-order valence-corrected chi connectivity index (χ3v) is 4.53. The van der Waals surface area contributed by atoms with Crippen LogP contribution in [0.25, 0.3) is 0 Å². The number of carbonyl (C=O) groups excluding carboxylic acids is 1. The maximum absolute atomic E-state index is 11.2. The van der Waals surface area contributed by atoms with Crippen molar-refractivity contribution in [2.45, 2.75) is 103 Å². The average Bonchev–Trinajstić information content (AvgIpc) is 2.63. The number of nitrogens with two attached hydrogens (primary N) is 2. The predicted octanol–water partition coefficient (Wildman–Crippen LogP) is 3.82. The van der Waals surface area contributed by atoms with Gasteiger partial charge in [-0.05, 0) is 12.8 Å². The van der Waals surface area contributed by atoms with Gasteiger partial charge in [0.1, 0.15) is 6.61 Å². The van der Waals surface area contributed by atoms with Crippen molar-refractivity contribution in [2.24, 2.45) is 11.5 Å². The largest absolute Gasteiger partial charge is 0.464 e. The highest BCUT2D eigenvalue weighted by atomic mass is 16.5. The number of carbonyl (C=O) groups is 1. The first-order chi connectivity index (χ1) is 12.6. The number of aliphatic hydroxyl groups is 1. The van der Waals surface area contributed by atoms with Crippen molar-refractivity contribution < 1.29 is 14.6 Å². The van der Waals surface area contributed by atoms with Gasteiger partial charge >= 0.3 is 5.97 Å². The molecule has 0 spiro atoms. The molecule has 0 aliphatic rings. The molecule has 0 saturated carbocycles. The summed E-state index contributed by atoms with van der Waals surface area (Å²) in [6.07, 6.45) is 18.7. The highest BCUT2D eigenvalue weighted by Crippen LogP contribution is 2.12. The second-order valence-electron chi connectivity index (χ2n) is 7.13. The summed E-state index contributed by atoms with van der Waals surface area (Å²) < 4.78 is 4.95. The Hall–Kier alpha value is -0.910. The zero-order valence-corrected chi connectivity index (χ0v) is 16.8. The molecule has 0 amide bonds. The molecule has 26 heavy (non-hydrogen) atoms. The minimum Gasteiger partial charge on any atom is -0.464 e. The van der Waals surface area contributed by atoms with Crippen LogP contribution >= 0.6 is 0 Å². The topological polar surface area (TPSA) is 98.6 Å². The number of hydrogen-bond donors (Lipinski definition) is 3. The van der Waals surface area contributed by atoms with E-state index in [1.165, 1.54) is 64.2 Å². The normalized spacial score (nSPS) is 13.8. The number of aliphatic hydroxyl groups excluding tert-OH is 1. The standard InChI is InChI=1S/C21H42N2O3/c1-2-3-4-5-6-7-8-9-10-11-12-13-14-15-20(24)19(23)18-26-21(25)16-17-22/h14-15,19-20,24H,2-13,16-18,22-23H2,1H3. The SMILES string of the molecule is CCCCCCCCCCCCCC=CC(O)C(N)COC(=O)CCN. The van der Waals surface area contributed by atoms with Gasteiger partial charge in [-0.25, -0.2) is 0 Å². The van der Waals surface area contributed by atoms with Crippen LogP contribution in [0.1, 0.15) is 90.4 Å². The van der Waals surface area contributed by atoms with Crippen molar-refractivity contribution in [3.05, 3.63) is 12.2 Å². The Morgan fingerprint density at radius 1 is 1.00 bits per heavy atom. The minimum atomic E-state index is -0.784. The molecule has 0 aromatic heterocycles. The van der Waals surface area contributed by atoms with Gasteiger partial charge in [0.2, 0.25) is 0 Å². The molecule has 0 bridgehead atoms. The van der Waals surface area contributed by atoms with Crippen molar-refractivity contribution >= 4 is 5.97 Å². The van der Waals surface area contributed by atoms with E-state index in [2.05, 4.69) is 6.92 Å².